The second kappa shape index (κ2) is 4.80. The van der Waals surface area contributed by atoms with Crippen molar-refractivity contribution >= 4 is 35.3 Å². The van der Waals surface area contributed by atoms with Crippen molar-refractivity contribution in [3.8, 4) is 0 Å². The summed E-state index contributed by atoms with van der Waals surface area (Å²) in [6.07, 6.45) is 0. The molecule has 0 radical (unpaired) electrons. The fraction of sp³-hybridized carbons (Fsp3) is 0.375. The van der Waals surface area contributed by atoms with Gasteiger partial charge in [-0.25, -0.2) is 0 Å². The molecule has 8 nitrogen and oxygen atoms in total. The molecule has 1 aliphatic carbocycles. The molecule has 1 aromatic carbocycles. The van der Waals surface area contributed by atoms with Gasteiger partial charge in [0.2, 0.25) is 0 Å². The number of nitrogen functional groups attached to an aromatic ring is 2. The lowest BCUT2D eigenvalue weighted by atomic mass is 9.41. The van der Waals surface area contributed by atoms with Crippen molar-refractivity contribution in [1.82, 2.24) is 0 Å². The number of rotatable bonds is 0. The van der Waals surface area contributed by atoms with Crippen molar-refractivity contribution < 1.29 is 28.7 Å². The molecular weight excluding hydrogens is 316 g/mol. The highest BCUT2D eigenvalue weighted by molar-refractivity contribution is 6.14. The average Bonchev–Trinajstić information content (AvgIpc) is 2.77. The highest BCUT2D eigenvalue weighted by atomic mass is 16.6. The van der Waals surface area contributed by atoms with Crippen LogP contribution in [0.1, 0.15) is 13.8 Å². The summed E-state index contributed by atoms with van der Waals surface area (Å²) in [7, 11) is 0. The van der Waals surface area contributed by atoms with Crippen molar-refractivity contribution in [2.75, 3.05) is 11.5 Å². The zero-order chi connectivity index (χ0) is 17.9. The first-order valence-corrected chi connectivity index (χ1v) is 7.26. The van der Waals surface area contributed by atoms with Crippen LogP contribution >= 0.6 is 0 Å². The molecule has 0 amide bonds. The minimum Gasteiger partial charge on any atom is -0.399 e. The Hall–Kier alpha value is -2.90. The number of carbonyl (C=O) groups is 4. The summed E-state index contributed by atoms with van der Waals surface area (Å²) >= 11 is 0. The van der Waals surface area contributed by atoms with Crippen LogP contribution in [0.4, 0.5) is 11.4 Å². The number of anilines is 2. The van der Waals surface area contributed by atoms with E-state index in [1.54, 1.807) is 18.2 Å². The van der Waals surface area contributed by atoms with Gasteiger partial charge < -0.3 is 20.9 Å². The number of nitrogens with two attached hydrogens (primary N) is 2. The van der Waals surface area contributed by atoms with Crippen LogP contribution in [-0.2, 0) is 28.7 Å². The van der Waals surface area contributed by atoms with Gasteiger partial charge in [0.25, 0.3) is 0 Å². The lowest BCUT2D eigenvalue weighted by Gasteiger charge is -2.50. The molecule has 0 aromatic heterocycles. The molecule has 0 atom stereocenters. The van der Waals surface area contributed by atoms with Crippen LogP contribution in [0.25, 0.3) is 0 Å². The Morgan fingerprint density at radius 1 is 0.833 bits per heavy atom. The zero-order valence-corrected chi connectivity index (χ0v) is 13.1. The van der Waals surface area contributed by atoms with Crippen LogP contribution in [-0.4, -0.2) is 23.9 Å². The molecule has 3 aliphatic rings. The van der Waals surface area contributed by atoms with Gasteiger partial charge >= 0.3 is 23.9 Å². The molecule has 2 saturated heterocycles. The third-order valence-corrected chi connectivity index (χ3v) is 5.05. The molecular formula is C16H16N2O6. The number of benzene rings is 1. The van der Waals surface area contributed by atoms with Gasteiger partial charge in [0, 0.05) is 11.4 Å². The van der Waals surface area contributed by atoms with E-state index >= 15 is 0 Å². The van der Waals surface area contributed by atoms with E-state index in [2.05, 4.69) is 9.47 Å². The molecule has 2 aliphatic heterocycles. The van der Waals surface area contributed by atoms with Gasteiger partial charge in [0.15, 0.2) is 0 Å². The summed E-state index contributed by atoms with van der Waals surface area (Å²) in [5.41, 5.74) is 9.73. The molecule has 1 saturated carbocycles. The standard InChI is InChI=1S/C10H8O6.C6H8N2/c1-9-3(5(11)15-7(9)13)10(2)4(9)6(12)16-8(10)14;7-5-2-1-3-6(8)4-5/h3-4H,1-2H3;1-4H,7-8H2. The maximum Gasteiger partial charge on any atom is 0.321 e. The SMILES string of the molecule is CC12C(=O)OC(=O)C1C1(C)C(=O)OC(=O)C21.Nc1cccc(N)c1. The summed E-state index contributed by atoms with van der Waals surface area (Å²) in [6, 6.07) is 7.15. The van der Waals surface area contributed by atoms with Gasteiger partial charge in [-0.3, -0.25) is 19.2 Å². The van der Waals surface area contributed by atoms with E-state index in [1.165, 1.54) is 13.8 Å². The fourth-order valence-corrected chi connectivity index (χ4v) is 4.01. The van der Waals surface area contributed by atoms with Crippen LogP contribution in [0.2, 0.25) is 0 Å². The Morgan fingerprint density at radius 3 is 1.50 bits per heavy atom. The lowest BCUT2D eigenvalue weighted by Crippen LogP contribution is -2.65. The summed E-state index contributed by atoms with van der Waals surface area (Å²) in [5, 5.41) is 0. The second-order valence-electron chi connectivity index (χ2n) is 6.52. The largest absolute Gasteiger partial charge is 0.399 e. The molecule has 24 heavy (non-hydrogen) atoms. The number of ether oxygens (including phenoxy) is 2. The number of cyclic esters (lactones) is 4. The van der Waals surface area contributed by atoms with E-state index in [9.17, 15) is 19.2 Å². The molecule has 126 valence electrons. The summed E-state index contributed by atoms with van der Waals surface area (Å²) in [5.74, 6) is -4.74. The Bertz CT molecular complexity index is 717. The maximum absolute atomic E-state index is 11.5. The van der Waals surface area contributed by atoms with E-state index < -0.39 is 46.5 Å². The van der Waals surface area contributed by atoms with E-state index in [0.29, 0.717) is 11.4 Å². The first-order chi connectivity index (χ1) is 11.1. The number of hydrogen-bond acceptors (Lipinski definition) is 8. The predicted octanol–water partition coefficient (Wildman–Crippen LogP) is 0.263. The summed E-state index contributed by atoms with van der Waals surface area (Å²) < 4.78 is 9.02. The molecule has 0 spiro atoms. The first kappa shape index (κ1) is 16.0. The number of fused-ring (bicyclic) bond motifs is 4. The molecule has 0 unspecified atom stereocenters. The highest BCUT2D eigenvalue weighted by Crippen LogP contribution is 2.70. The van der Waals surface area contributed by atoms with Gasteiger partial charge in [-0.05, 0) is 32.0 Å². The quantitative estimate of drug-likeness (QED) is 0.392. The average molecular weight is 332 g/mol. The molecule has 2 heterocycles. The van der Waals surface area contributed by atoms with Gasteiger partial charge in [0.05, 0.1) is 22.7 Å². The van der Waals surface area contributed by atoms with Crippen LogP contribution in [0, 0.1) is 22.7 Å². The van der Waals surface area contributed by atoms with Crippen molar-refractivity contribution in [1.29, 1.82) is 0 Å². The van der Waals surface area contributed by atoms with Crippen LogP contribution < -0.4 is 11.5 Å². The number of carbonyl (C=O) groups excluding carboxylic acids is 4. The minimum absolute atomic E-state index is 0.713. The molecule has 1 aromatic rings. The Morgan fingerprint density at radius 2 is 1.21 bits per heavy atom. The van der Waals surface area contributed by atoms with Crippen LogP contribution in [0.15, 0.2) is 24.3 Å². The topological polar surface area (TPSA) is 139 Å². The predicted molar refractivity (Wildman–Crippen MR) is 80.7 cm³/mol. The lowest BCUT2D eigenvalue weighted by molar-refractivity contribution is -0.180. The first-order valence-electron chi connectivity index (χ1n) is 7.26. The van der Waals surface area contributed by atoms with E-state index in [0.717, 1.165) is 0 Å². The summed E-state index contributed by atoms with van der Waals surface area (Å²) in [4.78, 5) is 46.1. The van der Waals surface area contributed by atoms with Gasteiger partial charge in [0.1, 0.15) is 0 Å². The van der Waals surface area contributed by atoms with Crippen molar-refractivity contribution in [3.63, 3.8) is 0 Å². The number of hydrogen-bond donors (Lipinski definition) is 2. The monoisotopic (exact) mass is 332 g/mol. The fourth-order valence-electron chi connectivity index (χ4n) is 4.01. The molecule has 4 rings (SSSR count). The van der Waals surface area contributed by atoms with Crippen molar-refractivity contribution in [3.05, 3.63) is 24.3 Å². The van der Waals surface area contributed by atoms with Gasteiger partial charge in [-0.2, -0.15) is 0 Å². The second-order valence-corrected chi connectivity index (χ2v) is 6.52. The molecule has 4 N–H and O–H groups in total. The summed E-state index contributed by atoms with van der Waals surface area (Å²) in [6.45, 7) is 2.94. The Kier molecular flexibility index (Phi) is 3.19. The molecule has 3 fully saturated rings. The van der Waals surface area contributed by atoms with Crippen LogP contribution in [0.3, 0.4) is 0 Å². The van der Waals surface area contributed by atoms with E-state index in [4.69, 9.17) is 11.5 Å². The van der Waals surface area contributed by atoms with Crippen molar-refractivity contribution in [2.24, 2.45) is 22.7 Å². The zero-order valence-electron chi connectivity index (χ0n) is 13.1. The third-order valence-electron chi connectivity index (χ3n) is 5.05. The normalized spacial score (nSPS) is 35.9. The minimum atomic E-state index is -1.23. The van der Waals surface area contributed by atoms with Crippen molar-refractivity contribution in [2.45, 2.75) is 13.8 Å². The van der Waals surface area contributed by atoms with E-state index in [1.807, 2.05) is 6.07 Å². The Labute approximate surface area is 137 Å². The maximum atomic E-state index is 11.5. The van der Waals surface area contributed by atoms with Gasteiger partial charge in [-0.1, -0.05) is 6.07 Å². The van der Waals surface area contributed by atoms with E-state index in [-0.39, 0.29) is 0 Å². The van der Waals surface area contributed by atoms with Crippen LogP contribution in [0.5, 0.6) is 0 Å². The Balaban J connectivity index is 0.000000179. The van der Waals surface area contributed by atoms with Gasteiger partial charge in [-0.15, -0.1) is 0 Å². The number of esters is 4. The molecule has 0 bridgehead atoms. The highest BCUT2D eigenvalue weighted by Gasteiger charge is 2.85. The molecule has 8 heteroatoms. The third kappa shape index (κ3) is 1.79. The smallest absolute Gasteiger partial charge is 0.321 e.